The highest BCUT2D eigenvalue weighted by molar-refractivity contribution is 8.00. The Bertz CT molecular complexity index is 735. The van der Waals surface area contributed by atoms with Crippen LogP contribution in [0.1, 0.15) is 11.1 Å². The summed E-state index contributed by atoms with van der Waals surface area (Å²) in [6.45, 7) is 2.12. The minimum Gasteiger partial charge on any atom is -0.346 e. The van der Waals surface area contributed by atoms with Crippen molar-refractivity contribution in [3.05, 3.63) is 29.3 Å². The molecule has 0 bridgehead atoms. The molecule has 1 aliphatic rings. The number of thioether (sulfide) groups is 1. The van der Waals surface area contributed by atoms with E-state index in [1.54, 1.807) is 18.3 Å². The van der Waals surface area contributed by atoms with Crippen molar-refractivity contribution >= 4 is 27.7 Å². The Labute approximate surface area is 142 Å². The molecular formula is C14H17F3N2O3S2. The van der Waals surface area contributed by atoms with Crippen LogP contribution < -0.4 is 5.32 Å². The Morgan fingerprint density at radius 1 is 1.33 bits per heavy atom. The maximum absolute atomic E-state index is 12.7. The molecule has 1 aromatic carbocycles. The standard InChI is InChI=1S/C14H17F3N2O3S2/c1-9-3-4-11(5-10(9)2)24(21,22)19-8-23-6-12(19)13(20)18-7-14(15,16)17/h3-5,12H,6-8H2,1-2H3,(H,18,20)/t12-/m1/s1. The first-order valence-electron chi connectivity index (χ1n) is 7.03. The van der Waals surface area contributed by atoms with Gasteiger partial charge in [0.15, 0.2) is 0 Å². The van der Waals surface area contributed by atoms with Crippen LogP contribution in [0, 0.1) is 13.8 Å². The van der Waals surface area contributed by atoms with Crippen molar-refractivity contribution in [1.82, 2.24) is 9.62 Å². The molecule has 5 nitrogen and oxygen atoms in total. The quantitative estimate of drug-likeness (QED) is 0.866. The van der Waals surface area contributed by atoms with Gasteiger partial charge in [-0.1, -0.05) is 6.07 Å². The Hall–Kier alpha value is -1.26. The largest absolute Gasteiger partial charge is 0.405 e. The second kappa shape index (κ2) is 6.93. The van der Waals surface area contributed by atoms with E-state index < -0.39 is 34.7 Å². The van der Waals surface area contributed by atoms with E-state index >= 15 is 0 Å². The van der Waals surface area contributed by atoms with E-state index in [2.05, 4.69) is 0 Å². The van der Waals surface area contributed by atoms with Crippen LogP contribution in [0.15, 0.2) is 23.1 Å². The van der Waals surface area contributed by atoms with E-state index in [4.69, 9.17) is 0 Å². The number of nitrogens with zero attached hydrogens (tertiary/aromatic N) is 1. The molecule has 0 aliphatic carbocycles. The van der Waals surface area contributed by atoms with Crippen LogP contribution in [0.3, 0.4) is 0 Å². The number of benzene rings is 1. The third kappa shape index (κ3) is 4.22. The molecule has 10 heteroatoms. The van der Waals surface area contributed by atoms with Crippen LogP contribution in [0.2, 0.25) is 0 Å². The molecule has 0 radical (unpaired) electrons. The number of sulfonamides is 1. The summed E-state index contributed by atoms with van der Waals surface area (Å²) in [5, 5.41) is 1.76. The van der Waals surface area contributed by atoms with Gasteiger partial charge < -0.3 is 5.32 Å². The van der Waals surface area contributed by atoms with Crippen molar-refractivity contribution in [1.29, 1.82) is 0 Å². The Morgan fingerprint density at radius 2 is 2.00 bits per heavy atom. The van der Waals surface area contributed by atoms with Crippen LogP contribution in [-0.4, -0.2) is 49.0 Å². The number of carbonyl (C=O) groups is 1. The Morgan fingerprint density at radius 3 is 2.58 bits per heavy atom. The molecule has 0 aromatic heterocycles. The molecule has 1 fully saturated rings. The molecule has 1 aromatic rings. The molecular weight excluding hydrogens is 365 g/mol. The maximum Gasteiger partial charge on any atom is 0.405 e. The predicted molar refractivity (Wildman–Crippen MR) is 85.1 cm³/mol. The summed E-state index contributed by atoms with van der Waals surface area (Å²) in [5.74, 6) is -0.794. The van der Waals surface area contributed by atoms with Gasteiger partial charge in [-0.05, 0) is 37.1 Å². The lowest BCUT2D eigenvalue weighted by atomic mass is 10.1. The second-order valence-electron chi connectivity index (χ2n) is 5.49. The number of rotatable bonds is 4. The summed E-state index contributed by atoms with van der Waals surface area (Å²) < 4.78 is 63.1. The molecule has 134 valence electrons. The number of hydrogen-bond donors (Lipinski definition) is 1. The van der Waals surface area contributed by atoms with E-state index in [0.717, 1.165) is 15.4 Å². The zero-order valence-corrected chi connectivity index (χ0v) is 14.7. The summed E-state index contributed by atoms with van der Waals surface area (Å²) >= 11 is 1.19. The fourth-order valence-corrected chi connectivity index (χ4v) is 5.42. The number of alkyl halides is 3. The summed E-state index contributed by atoms with van der Waals surface area (Å²) in [7, 11) is -3.96. The predicted octanol–water partition coefficient (Wildman–Crippen LogP) is 2.05. The lowest BCUT2D eigenvalue weighted by Gasteiger charge is -2.23. The first-order chi connectivity index (χ1) is 11.0. The molecule has 1 atom stereocenters. The van der Waals surface area contributed by atoms with Crippen LogP contribution in [0.25, 0.3) is 0 Å². The number of amides is 1. The van der Waals surface area contributed by atoms with Gasteiger partial charge in [0.05, 0.1) is 10.8 Å². The molecule has 2 rings (SSSR count). The maximum atomic E-state index is 12.7. The summed E-state index contributed by atoms with van der Waals surface area (Å²) in [6.07, 6.45) is -4.54. The Kier molecular flexibility index (Phi) is 5.50. The highest BCUT2D eigenvalue weighted by Crippen LogP contribution is 2.29. The lowest BCUT2D eigenvalue weighted by Crippen LogP contribution is -2.49. The first-order valence-corrected chi connectivity index (χ1v) is 9.63. The molecule has 1 saturated heterocycles. The third-order valence-electron chi connectivity index (χ3n) is 3.69. The molecule has 0 spiro atoms. The minimum atomic E-state index is -4.54. The van der Waals surface area contributed by atoms with Gasteiger partial charge in [-0.15, -0.1) is 11.8 Å². The molecule has 24 heavy (non-hydrogen) atoms. The van der Waals surface area contributed by atoms with Gasteiger partial charge in [0.1, 0.15) is 12.6 Å². The fraction of sp³-hybridized carbons (Fsp3) is 0.500. The van der Waals surface area contributed by atoms with E-state index in [1.165, 1.54) is 23.9 Å². The molecule has 0 saturated carbocycles. The van der Waals surface area contributed by atoms with Gasteiger partial charge in [-0.3, -0.25) is 4.79 Å². The molecule has 1 amide bonds. The van der Waals surface area contributed by atoms with Gasteiger partial charge in [0.25, 0.3) is 0 Å². The number of aryl methyl sites for hydroxylation is 2. The van der Waals surface area contributed by atoms with Crippen molar-refractivity contribution in [3.63, 3.8) is 0 Å². The smallest absolute Gasteiger partial charge is 0.346 e. The van der Waals surface area contributed by atoms with Gasteiger partial charge in [0.2, 0.25) is 15.9 Å². The Balaban J connectivity index is 2.22. The minimum absolute atomic E-state index is 0.0271. The topological polar surface area (TPSA) is 66.5 Å². The average molecular weight is 382 g/mol. The molecule has 1 heterocycles. The first kappa shape index (κ1) is 19.1. The van der Waals surface area contributed by atoms with Crippen molar-refractivity contribution in [2.45, 2.75) is 31.0 Å². The van der Waals surface area contributed by atoms with E-state index in [1.807, 2.05) is 6.92 Å². The molecule has 0 unspecified atom stereocenters. The summed E-state index contributed by atoms with van der Waals surface area (Å²) in [4.78, 5) is 12.0. The highest BCUT2D eigenvalue weighted by Gasteiger charge is 2.41. The third-order valence-corrected chi connectivity index (χ3v) is 6.72. The van der Waals surface area contributed by atoms with Crippen LogP contribution in [-0.2, 0) is 14.8 Å². The van der Waals surface area contributed by atoms with Gasteiger partial charge >= 0.3 is 6.18 Å². The summed E-state index contributed by atoms with van der Waals surface area (Å²) in [5.41, 5.74) is 1.70. The monoisotopic (exact) mass is 382 g/mol. The van der Waals surface area contributed by atoms with E-state index in [9.17, 15) is 26.4 Å². The van der Waals surface area contributed by atoms with Crippen molar-refractivity contribution in [3.8, 4) is 0 Å². The van der Waals surface area contributed by atoms with Crippen LogP contribution in [0.5, 0.6) is 0 Å². The second-order valence-corrected chi connectivity index (χ2v) is 8.38. The number of hydrogen-bond acceptors (Lipinski definition) is 4. The average Bonchev–Trinajstić information content (AvgIpc) is 2.97. The number of halogens is 3. The number of carbonyl (C=O) groups excluding carboxylic acids is 1. The van der Waals surface area contributed by atoms with Crippen molar-refractivity contribution < 1.29 is 26.4 Å². The lowest BCUT2D eigenvalue weighted by molar-refractivity contribution is -0.140. The highest BCUT2D eigenvalue weighted by atomic mass is 32.2. The van der Waals surface area contributed by atoms with Crippen LogP contribution >= 0.6 is 11.8 Å². The van der Waals surface area contributed by atoms with Gasteiger partial charge in [0, 0.05) is 5.75 Å². The van der Waals surface area contributed by atoms with Crippen molar-refractivity contribution in [2.75, 3.05) is 18.2 Å². The normalized spacial score (nSPS) is 19.5. The van der Waals surface area contributed by atoms with Gasteiger partial charge in [-0.2, -0.15) is 17.5 Å². The fourth-order valence-electron chi connectivity index (χ4n) is 2.19. The SMILES string of the molecule is Cc1ccc(S(=O)(=O)N2CSC[C@@H]2C(=O)NCC(F)(F)F)cc1C. The number of nitrogens with one attached hydrogen (secondary N) is 1. The van der Waals surface area contributed by atoms with E-state index in [-0.39, 0.29) is 16.5 Å². The summed E-state index contributed by atoms with van der Waals surface area (Å²) in [6, 6.07) is 3.44. The van der Waals surface area contributed by atoms with E-state index in [0.29, 0.717) is 0 Å². The van der Waals surface area contributed by atoms with Crippen LogP contribution in [0.4, 0.5) is 13.2 Å². The zero-order chi connectivity index (χ0) is 18.1. The molecule has 1 N–H and O–H groups in total. The van der Waals surface area contributed by atoms with Gasteiger partial charge in [-0.25, -0.2) is 8.42 Å². The van der Waals surface area contributed by atoms with Crippen molar-refractivity contribution in [2.24, 2.45) is 0 Å². The molecule has 1 aliphatic heterocycles. The zero-order valence-electron chi connectivity index (χ0n) is 13.1.